The number of carbonyl (C=O) groups is 3. The van der Waals surface area contributed by atoms with Gasteiger partial charge in [-0.05, 0) is 30.0 Å². The lowest BCUT2D eigenvalue weighted by molar-refractivity contribution is -0.129. The van der Waals surface area contributed by atoms with Gasteiger partial charge in [-0.2, -0.15) is 0 Å². The van der Waals surface area contributed by atoms with Crippen LogP contribution in [0.15, 0.2) is 65.9 Å². The molecule has 0 spiro atoms. The molecular formula is C23H22N2O4. The van der Waals surface area contributed by atoms with Gasteiger partial charge in [-0.15, -0.1) is 0 Å². The van der Waals surface area contributed by atoms with Gasteiger partial charge < -0.3 is 15.4 Å². The van der Waals surface area contributed by atoms with Crippen molar-refractivity contribution in [1.82, 2.24) is 5.32 Å². The zero-order valence-electron chi connectivity index (χ0n) is 16.1. The Morgan fingerprint density at radius 3 is 2.59 bits per heavy atom. The smallest absolute Gasteiger partial charge is 0.232 e. The minimum Gasteiger partial charge on any atom is -0.497 e. The van der Waals surface area contributed by atoms with Crippen molar-refractivity contribution in [2.24, 2.45) is 5.92 Å². The first-order valence-electron chi connectivity index (χ1n) is 9.61. The average Bonchev–Trinajstić information content (AvgIpc) is 2.73. The Bertz CT molecular complexity index is 997. The van der Waals surface area contributed by atoms with Gasteiger partial charge in [-0.1, -0.05) is 36.4 Å². The fraction of sp³-hybridized carbons (Fsp3) is 0.261. The molecule has 1 heterocycles. The summed E-state index contributed by atoms with van der Waals surface area (Å²) < 4.78 is 5.18. The number of hydrogen-bond donors (Lipinski definition) is 2. The van der Waals surface area contributed by atoms with Crippen molar-refractivity contribution in [3.63, 3.8) is 0 Å². The summed E-state index contributed by atoms with van der Waals surface area (Å²) in [6.45, 7) is 0. The second-order valence-electron chi connectivity index (χ2n) is 7.36. The molecule has 6 nitrogen and oxygen atoms in total. The third kappa shape index (κ3) is 3.92. The molecule has 2 amide bonds. The summed E-state index contributed by atoms with van der Waals surface area (Å²) in [5, 5.41) is 5.65. The van der Waals surface area contributed by atoms with Gasteiger partial charge in [0.05, 0.1) is 13.0 Å². The highest BCUT2D eigenvalue weighted by Gasteiger charge is 2.40. The Labute approximate surface area is 168 Å². The first-order valence-corrected chi connectivity index (χ1v) is 9.61. The van der Waals surface area contributed by atoms with E-state index in [-0.39, 0.29) is 29.9 Å². The second-order valence-corrected chi connectivity index (χ2v) is 7.36. The Hall–Kier alpha value is -3.41. The highest BCUT2D eigenvalue weighted by molar-refractivity contribution is 6.09. The summed E-state index contributed by atoms with van der Waals surface area (Å²) in [6.07, 6.45) is 0.845. The number of carbonyl (C=O) groups excluding carboxylic acids is 3. The first kappa shape index (κ1) is 18.9. The molecule has 148 valence electrons. The molecule has 2 N–H and O–H groups in total. The number of methoxy groups -OCH3 is 1. The molecule has 29 heavy (non-hydrogen) atoms. The van der Waals surface area contributed by atoms with Gasteiger partial charge >= 0.3 is 0 Å². The SMILES string of the molecule is COc1cccc(NC(=O)[C@H]2CC(=O)NC3=C2C(=O)C[C@H](c2ccccc2)C3)c1. The third-order valence-electron chi connectivity index (χ3n) is 5.46. The predicted octanol–water partition coefficient (Wildman–Crippen LogP) is 3.17. The lowest BCUT2D eigenvalue weighted by atomic mass is 9.75. The molecule has 4 rings (SSSR count). The summed E-state index contributed by atoms with van der Waals surface area (Å²) in [5.74, 6) is -0.838. The van der Waals surface area contributed by atoms with Crippen LogP contribution in [0, 0.1) is 5.92 Å². The molecule has 1 aliphatic carbocycles. The van der Waals surface area contributed by atoms with E-state index in [9.17, 15) is 14.4 Å². The van der Waals surface area contributed by atoms with Gasteiger partial charge in [-0.3, -0.25) is 14.4 Å². The van der Waals surface area contributed by atoms with Gasteiger partial charge in [0.25, 0.3) is 0 Å². The Morgan fingerprint density at radius 1 is 1.03 bits per heavy atom. The summed E-state index contributed by atoms with van der Waals surface area (Å²) in [5.41, 5.74) is 2.65. The van der Waals surface area contributed by atoms with E-state index < -0.39 is 5.92 Å². The van der Waals surface area contributed by atoms with Crippen molar-refractivity contribution < 1.29 is 19.1 Å². The van der Waals surface area contributed by atoms with Crippen LogP contribution in [0.25, 0.3) is 0 Å². The fourth-order valence-corrected chi connectivity index (χ4v) is 4.08. The molecule has 2 aliphatic rings. The fourth-order valence-electron chi connectivity index (χ4n) is 4.08. The minimum absolute atomic E-state index is 0.00273. The number of hydrogen-bond acceptors (Lipinski definition) is 4. The number of rotatable bonds is 4. The van der Waals surface area contributed by atoms with Crippen LogP contribution >= 0.6 is 0 Å². The number of amides is 2. The van der Waals surface area contributed by atoms with E-state index in [2.05, 4.69) is 10.6 Å². The van der Waals surface area contributed by atoms with Crippen LogP contribution in [0.3, 0.4) is 0 Å². The average molecular weight is 390 g/mol. The maximum Gasteiger partial charge on any atom is 0.232 e. The molecule has 2 aromatic rings. The highest BCUT2D eigenvalue weighted by atomic mass is 16.5. The van der Waals surface area contributed by atoms with Gasteiger partial charge in [0.15, 0.2) is 5.78 Å². The summed E-state index contributed by atoms with van der Waals surface area (Å²) in [7, 11) is 1.55. The monoisotopic (exact) mass is 390 g/mol. The van der Waals surface area contributed by atoms with Crippen molar-refractivity contribution in [3.05, 3.63) is 71.4 Å². The van der Waals surface area contributed by atoms with Crippen LogP contribution in [-0.4, -0.2) is 24.7 Å². The van der Waals surface area contributed by atoms with E-state index >= 15 is 0 Å². The van der Waals surface area contributed by atoms with E-state index in [1.54, 1.807) is 31.4 Å². The molecule has 2 aromatic carbocycles. The van der Waals surface area contributed by atoms with E-state index in [4.69, 9.17) is 4.74 Å². The zero-order valence-corrected chi connectivity index (χ0v) is 16.1. The Balaban J connectivity index is 1.60. The molecule has 2 atom stereocenters. The molecule has 0 fully saturated rings. The van der Waals surface area contributed by atoms with Crippen LogP contribution < -0.4 is 15.4 Å². The largest absolute Gasteiger partial charge is 0.497 e. The summed E-state index contributed by atoms with van der Waals surface area (Å²) in [4.78, 5) is 38.2. The molecule has 0 aromatic heterocycles. The number of Topliss-reactive ketones (excluding diaryl/α,β-unsaturated/α-hetero) is 1. The number of nitrogens with one attached hydrogen (secondary N) is 2. The lowest BCUT2D eigenvalue weighted by Gasteiger charge is -2.33. The van der Waals surface area contributed by atoms with Gasteiger partial charge in [0, 0.05) is 35.9 Å². The normalized spacial score (nSPS) is 21.3. The topological polar surface area (TPSA) is 84.5 Å². The van der Waals surface area contributed by atoms with E-state index in [0.29, 0.717) is 35.5 Å². The number of allylic oxidation sites excluding steroid dienone is 1. The van der Waals surface area contributed by atoms with Crippen molar-refractivity contribution in [2.45, 2.75) is 25.2 Å². The molecular weight excluding hydrogens is 368 g/mol. The standard InChI is InChI=1S/C23H22N2O4/c1-29-17-9-5-8-16(12-17)24-23(28)18-13-21(27)25-19-10-15(11-20(26)22(18)19)14-6-3-2-4-7-14/h2-9,12,15,18H,10-11,13H2,1H3,(H,24,28)(H,25,27)/t15-,18+/m1/s1. The zero-order chi connectivity index (χ0) is 20.4. The highest BCUT2D eigenvalue weighted by Crippen LogP contribution is 2.39. The van der Waals surface area contributed by atoms with Gasteiger partial charge in [-0.25, -0.2) is 0 Å². The van der Waals surface area contributed by atoms with Crippen LogP contribution in [0.1, 0.15) is 30.7 Å². The van der Waals surface area contributed by atoms with Crippen LogP contribution in [0.2, 0.25) is 0 Å². The number of benzene rings is 2. The van der Waals surface area contributed by atoms with E-state index in [1.807, 2.05) is 30.3 Å². The van der Waals surface area contributed by atoms with Crippen molar-refractivity contribution in [3.8, 4) is 5.75 Å². The minimum atomic E-state index is -0.783. The molecule has 0 radical (unpaired) electrons. The van der Waals surface area contributed by atoms with Gasteiger partial charge in [0.2, 0.25) is 11.8 Å². The molecule has 1 aliphatic heterocycles. The molecule has 0 bridgehead atoms. The van der Waals surface area contributed by atoms with E-state index in [0.717, 1.165) is 5.56 Å². The molecule has 0 saturated heterocycles. The molecule has 0 unspecified atom stereocenters. The maximum absolute atomic E-state index is 13.0. The van der Waals surface area contributed by atoms with E-state index in [1.165, 1.54) is 0 Å². The maximum atomic E-state index is 13.0. The number of ether oxygens (including phenoxy) is 1. The summed E-state index contributed by atoms with van der Waals surface area (Å²) in [6, 6.07) is 16.8. The molecule has 0 saturated carbocycles. The Morgan fingerprint density at radius 2 is 1.83 bits per heavy atom. The van der Waals surface area contributed by atoms with Crippen molar-refractivity contribution in [1.29, 1.82) is 0 Å². The quantitative estimate of drug-likeness (QED) is 0.840. The number of anilines is 1. The molecule has 6 heteroatoms. The predicted molar refractivity (Wildman–Crippen MR) is 108 cm³/mol. The third-order valence-corrected chi connectivity index (χ3v) is 5.46. The second kappa shape index (κ2) is 7.91. The van der Waals surface area contributed by atoms with Crippen molar-refractivity contribution >= 4 is 23.3 Å². The lowest BCUT2D eigenvalue weighted by Crippen LogP contribution is -2.43. The Kier molecular flexibility index (Phi) is 5.16. The first-order chi connectivity index (χ1) is 14.0. The van der Waals surface area contributed by atoms with Crippen LogP contribution in [0.5, 0.6) is 5.75 Å². The summed E-state index contributed by atoms with van der Waals surface area (Å²) >= 11 is 0. The van der Waals surface area contributed by atoms with Gasteiger partial charge in [0.1, 0.15) is 5.75 Å². The van der Waals surface area contributed by atoms with Crippen molar-refractivity contribution in [2.75, 3.05) is 12.4 Å². The number of ketones is 1. The van der Waals surface area contributed by atoms with Crippen LogP contribution in [0.4, 0.5) is 5.69 Å². The van der Waals surface area contributed by atoms with Crippen LogP contribution in [-0.2, 0) is 14.4 Å².